The van der Waals surface area contributed by atoms with Crippen molar-refractivity contribution in [2.75, 3.05) is 35.2 Å². The predicted octanol–water partition coefficient (Wildman–Crippen LogP) is 5.21. The molecule has 0 atom stereocenters. The van der Waals surface area contributed by atoms with Crippen LogP contribution in [-0.4, -0.2) is 31.6 Å². The summed E-state index contributed by atoms with van der Waals surface area (Å²) < 4.78 is 0. The average Bonchev–Trinajstić information content (AvgIpc) is 3.36. The van der Waals surface area contributed by atoms with E-state index in [0.29, 0.717) is 17.8 Å². The molecule has 3 aromatic carbocycles. The SMILES string of the molecule is Cc1ccccc1NC(=O)Nc1ccc(N2CCCC2)c(C(=O)NCCc2ccccc2)c1. The Morgan fingerprint density at radius 3 is 2.36 bits per heavy atom. The number of carbonyl (C=O) groups excluding carboxylic acids is 2. The third kappa shape index (κ3) is 5.92. The van der Waals surface area contributed by atoms with Crippen LogP contribution < -0.4 is 20.9 Å². The van der Waals surface area contributed by atoms with E-state index < -0.39 is 0 Å². The lowest BCUT2D eigenvalue weighted by Crippen LogP contribution is -2.29. The number of amides is 3. The molecule has 3 aromatic rings. The number of para-hydroxylation sites is 1. The van der Waals surface area contributed by atoms with Gasteiger partial charge in [-0.25, -0.2) is 4.79 Å². The first-order chi connectivity index (χ1) is 16.1. The number of hydrogen-bond acceptors (Lipinski definition) is 3. The minimum absolute atomic E-state index is 0.129. The van der Waals surface area contributed by atoms with Crippen LogP contribution in [0.5, 0.6) is 0 Å². The van der Waals surface area contributed by atoms with Crippen LogP contribution in [0.4, 0.5) is 21.9 Å². The van der Waals surface area contributed by atoms with E-state index in [2.05, 4.69) is 33.0 Å². The Morgan fingerprint density at radius 2 is 1.61 bits per heavy atom. The second-order valence-corrected chi connectivity index (χ2v) is 8.31. The number of hydrogen-bond donors (Lipinski definition) is 3. The lowest BCUT2D eigenvalue weighted by Gasteiger charge is -2.22. The van der Waals surface area contributed by atoms with E-state index in [1.807, 2.05) is 61.5 Å². The molecule has 0 saturated carbocycles. The molecule has 6 nitrogen and oxygen atoms in total. The molecule has 1 aliphatic rings. The molecule has 1 aliphatic heterocycles. The minimum Gasteiger partial charge on any atom is -0.371 e. The van der Waals surface area contributed by atoms with Crippen LogP contribution in [0.25, 0.3) is 0 Å². The smallest absolute Gasteiger partial charge is 0.323 e. The molecule has 3 amide bonds. The standard InChI is InChI=1S/C27H30N4O2/c1-20-9-5-6-12-24(20)30-27(33)29-22-13-14-25(31-17-7-8-18-31)23(19-22)26(32)28-16-15-21-10-3-2-4-11-21/h2-6,9-14,19H,7-8,15-18H2,1H3,(H,28,32)(H2,29,30,33). The maximum absolute atomic E-state index is 13.1. The molecule has 4 rings (SSSR count). The molecule has 1 saturated heterocycles. The van der Waals surface area contributed by atoms with Gasteiger partial charge in [0.15, 0.2) is 0 Å². The Hall–Kier alpha value is -3.80. The predicted molar refractivity (Wildman–Crippen MR) is 134 cm³/mol. The monoisotopic (exact) mass is 442 g/mol. The molecule has 0 radical (unpaired) electrons. The van der Waals surface area contributed by atoms with Crippen molar-refractivity contribution in [2.24, 2.45) is 0 Å². The van der Waals surface area contributed by atoms with E-state index in [1.165, 1.54) is 5.56 Å². The lowest BCUT2D eigenvalue weighted by atomic mass is 10.1. The number of benzene rings is 3. The van der Waals surface area contributed by atoms with E-state index in [9.17, 15) is 9.59 Å². The van der Waals surface area contributed by atoms with Crippen LogP contribution in [0, 0.1) is 6.92 Å². The summed E-state index contributed by atoms with van der Waals surface area (Å²) in [4.78, 5) is 27.9. The van der Waals surface area contributed by atoms with Gasteiger partial charge in [0.25, 0.3) is 5.91 Å². The highest BCUT2D eigenvalue weighted by Crippen LogP contribution is 2.28. The molecule has 0 spiro atoms. The Morgan fingerprint density at radius 1 is 0.879 bits per heavy atom. The highest BCUT2D eigenvalue weighted by molar-refractivity contribution is 6.04. The fourth-order valence-corrected chi connectivity index (χ4v) is 4.09. The summed E-state index contributed by atoms with van der Waals surface area (Å²) in [5.74, 6) is -0.129. The zero-order valence-electron chi connectivity index (χ0n) is 18.9. The average molecular weight is 443 g/mol. The van der Waals surface area contributed by atoms with E-state index in [0.717, 1.165) is 49.3 Å². The number of nitrogens with zero attached hydrogens (tertiary/aromatic N) is 1. The molecule has 0 aromatic heterocycles. The first-order valence-electron chi connectivity index (χ1n) is 11.4. The zero-order chi connectivity index (χ0) is 23.0. The highest BCUT2D eigenvalue weighted by Gasteiger charge is 2.20. The van der Waals surface area contributed by atoms with Crippen LogP contribution in [0.15, 0.2) is 72.8 Å². The Balaban J connectivity index is 1.47. The summed E-state index contributed by atoms with van der Waals surface area (Å²) in [6, 6.07) is 22.9. The minimum atomic E-state index is -0.339. The fourth-order valence-electron chi connectivity index (χ4n) is 4.09. The van der Waals surface area contributed by atoms with Crippen molar-refractivity contribution in [3.8, 4) is 0 Å². The van der Waals surface area contributed by atoms with Gasteiger partial charge in [-0.1, -0.05) is 48.5 Å². The quantitative estimate of drug-likeness (QED) is 0.470. The van der Waals surface area contributed by atoms with Gasteiger partial charge in [-0.05, 0) is 61.6 Å². The van der Waals surface area contributed by atoms with Crippen LogP contribution in [-0.2, 0) is 6.42 Å². The number of anilines is 3. The van der Waals surface area contributed by atoms with Crippen molar-refractivity contribution in [3.63, 3.8) is 0 Å². The maximum atomic E-state index is 13.1. The molecule has 33 heavy (non-hydrogen) atoms. The van der Waals surface area contributed by atoms with Crippen molar-refractivity contribution in [1.82, 2.24) is 5.32 Å². The summed E-state index contributed by atoms with van der Waals surface area (Å²) in [7, 11) is 0. The molecule has 0 unspecified atom stereocenters. The Labute approximate surface area is 195 Å². The second-order valence-electron chi connectivity index (χ2n) is 8.31. The zero-order valence-corrected chi connectivity index (χ0v) is 18.9. The largest absolute Gasteiger partial charge is 0.371 e. The number of aryl methyl sites for hydroxylation is 1. The van der Waals surface area contributed by atoms with Gasteiger partial charge in [-0.15, -0.1) is 0 Å². The molecular weight excluding hydrogens is 412 g/mol. The Kier molecular flexibility index (Phi) is 7.25. The number of carbonyl (C=O) groups is 2. The molecule has 6 heteroatoms. The summed E-state index contributed by atoms with van der Waals surface area (Å²) in [6.07, 6.45) is 3.00. The van der Waals surface area contributed by atoms with Gasteiger partial charge in [-0.3, -0.25) is 4.79 Å². The van der Waals surface area contributed by atoms with Gasteiger partial charge in [0, 0.05) is 36.7 Å². The number of nitrogens with one attached hydrogen (secondary N) is 3. The fraction of sp³-hybridized carbons (Fsp3) is 0.259. The van der Waals surface area contributed by atoms with E-state index in [1.54, 1.807) is 6.07 Å². The molecule has 1 heterocycles. The topological polar surface area (TPSA) is 73.5 Å². The molecule has 1 fully saturated rings. The van der Waals surface area contributed by atoms with Crippen LogP contribution in [0.2, 0.25) is 0 Å². The molecular formula is C27H30N4O2. The number of rotatable bonds is 7. The van der Waals surface area contributed by atoms with Gasteiger partial charge in [0.05, 0.1) is 5.56 Å². The normalized spacial score (nSPS) is 12.9. The third-order valence-electron chi connectivity index (χ3n) is 5.88. The van der Waals surface area contributed by atoms with E-state index in [4.69, 9.17) is 0 Å². The maximum Gasteiger partial charge on any atom is 0.323 e. The van der Waals surface area contributed by atoms with Gasteiger partial charge in [0.1, 0.15) is 0 Å². The molecule has 0 aliphatic carbocycles. The van der Waals surface area contributed by atoms with Crippen molar-refractivity contribution in [3.05, 3.63) is 89.5 Å². The van der Waals surface area contributed by atoms with Gasteiger partial charge < -0.3 is 20.9 Å². The molecule has 170 valence electrons. The van der Waals surface area contributed by atoms with Crippen molar-refractivity contribution >= 4 is 29.0 Å². The van der Waals surface area contributed by atoms with E-state index >= 15 is 0 Å². The van der Waals surface area contributed by atoms with Crippen molar-refractivity contribution < 1.29 is 9.59 Å². The van der Waals surface area contributed by atoms with Crippen LogP contribution in [0.1, 0.15) is 34.3 Å². The molecule has 0 bridgehead atoms. The van der Waals surface area contributed by atoms with Crippen LogP contribution in [0.3, 0.4) is 0 Å². The van der Waals surface area contributed by atoms with E-state index in [-0.39, 0.29) is 11.9 Å². The van der Waals surface area contributed by atoms with Crippen LogP contribution >= 0.6 is 0 Å². The van der Waals surface area contributed by atoms with Gasteiger partial charge >= 0.3 is 6.03 Å². The summed E-state index contributed by atoms with van der Waals surface area (Å²) in [5, 5.41) is 8.78. The second kappa shape index (κ2) is 10.7. The first kappa shape index (κ1) is 22.4. The highest BCUT2D eigenvalue weighted by atomic mass is 16.2. The Bertz CT molecular complexity index is 1110. The summed E-state index contributed by atoms with van der Waals surface area (Å²) >= 11 is 0. The van der Waals surface area contributed by atoms with Crippen molar-refractivity contribution in [1.29, 1.82) is 0 Å². The first-order valence-corrected chi connectivity index (χ1v) is 11.4. The number of urea groups is 1. The van der Waals surface area contributed by atoms with Gasteiger partial charge in [0.2, 0.25) is 0 Å². The summed E-state index contributed by atoms with van der Waals surface area (Å²) in [5.41, 5.74) is 4.99. The lowest BCUT2D eigenvalue weighted by molar-refractivity contribution is 0.0954. The third-order valence-corrected chi connectivity index (χ3v) is 5.88. The summed E-state index contributed by atoms with van der Waals surface area (Å²) in [6.45, 7) is 4.36. The van der Waals surface area contributed by atoms with Crippen molar-refractivity contribution in [2.45, 2.75) is 26.2 Å². The van der Waals surface area contributed by atoms with Gasteiger partial charge in [-0.2, -0.15) is 0 Å². The molecule has 3 N–H and O–H groups in total.